The molecule has 0 aliphatic heterocycles. The zero-order valence-electron chi connectivity index (χ0n) is 11.0. The first kappa shape index (κ1) is 12.3. The summed E-state index contributed by atoms with van der Waals surface area (Å²) in [5, 5.41) is 2.76. The van der Waals surface area contributed by atoms with Crippen molar-refractivity contribution >= 4 is 0 Å². The largest absolute Gasteiger partial charge is 0.497 e. The second-order valence-corrected chi connectivity index (χ2v) is 4.41. The van der Waals surface area contributed by atoms with Crippen molar-refractivity contribution in [1.29, 1.82) is 0 Å². The SMILES string of the molecule is COc1ccc(-c2ccccc2-n2ccc(=O)[nH]2)cc1. The lowest BCUT2D eigenvalue weighted by Gasteiger charge is -2.10. The fourth-order valence-electron chi connectivity index (χ4n) is 2.17. The Morgan fingerprint density at radius 1 is 1.00 bits per heavy atom. The number of hydrogen-bond acceptors (Lipinski definition) is 2. The molecule has 1 aromatic heterocycles. The highest BCUT2D eigenvalue weighted by Crippen LogP contribution is 2.27. The van der Waals surface area contributed by atoms with Gasteiger partial charge in [-0.2, -0.15) is 0 Å². The molecule has 0 saturated heterocycles. The van der Waals surface area contributed by atoms with Crippen LogP contribution in [0.2, 0.25) is 0 Å². The van der Waals surface area contributed by atoms with Crippen LogP contribution < -0.4 is 10.3 Å². The maximum atomic E-state index is 11.3. The van der Waals surface area contributed by atoms with Gasteiger partial charge in [-0.15, -0.1) is 0 Å². The van der Waals surface area contributed by atoms with Crippen molar-refractivity contribution in [2.24, 2.45) is 0 Å². The summed E-state index contributed by atoms with van der Waals surface area (Å²) < 4.78 is 6.89. The smallest absolute Gasteiger partial charge is 0.264 e. The minimum atomic E-state index is -0.116. The number of rotatable bonds is 3. The molecule has 0 unspecified atom stereocenters. The van der Waals surface area contributed by atoms with Crippen LogP contribution in [0.1, 0.15) is 0 Å². The van der Waals surface area contributed by atoms with E-state index in [0.29, 0.717) is 0 Å². The Balaban J connectivity index is 2.11. The van der Waals surface area contributed by atoms with Crippen molar-refractivity contribution in [2.75, 3.05) is 7.11 Å². The van der Waals surface area contributed by atoms with Crippen LogP contribution in [0.15, 0.2) is 65.6 Å². The first-order chi connectivity index (χ1) is 9.78. The van der Waals surface area contributed by atoms with Gasteiger partial charge in [0.15, 0.2) is 0 Å². The number of aromatic amines is 1. The summed E-state index contributed by atoms with van der Waals surface area (Å²) in [6.45, 7) is 0. The number of H-pyrrole nitrogens is 1. The van der Waals surface area contributed by atoms with Gasteiger partial charge in [0.1, 0.15) is 5.75 Å². The van der Waals surface area contributed by atoms with Crippen molar-refractivity contribution in [2.45, 2.75) is 0 Å². The van der Waals surface area contributed by atoms with E-state index < -0.39 is 0 Å². The van der Waals surface area contributed by atoms with Gasteiger partial charge in [-0.05, 0) is 23.8 Å². The molecule has 4 nitrogen and oxygen atoms in total. The Morgan fingerprint density at radius 3 is 2.40 bits per heavy atom. The van der Waals surface area contributed by atoms with Gasteiger partial charge in [-0.1, -0.05) is 30.3 Å². The molecule has 20 heavy (non-hydrogen) atoms. The molecule has 1 heterocycles. The van der Waals surface area contributed by atoms with Crippen molar-refractivity contribution < 1.29 is 4.74 Å². The van der Waals surface area contributed by atoms with Gasteiger partial charge in [0.2, 0.25) is 0 Å². The predicted octanol–water partition coefficient (Wildman–Crippen LogP) is 2.84. The number of ether oxygens (including phenoxy) is 1. The number of para-hydroxylation sites is 1. The van der Waals surface area contributed by atoms with E-state index in [1.807, 2.05) is 48.5 Å². The van der Waals surface area contributed by atoms with E-state index in [1.165, 1.54) is 6.07 Å². The van der Waals surface area contributed by atoms with Gasteiger partial charge in [0.25, 0.3) is 5.56 Å². The van der Waals surface area contributed by atoms with E-state index in [2.05, 4.69) is 5.10 Å². The topological polar surface area (TPSA) is 47.0 Å². The highest BCUT2D eigenvalue weighted by molar-refractivity contribution is 5.73. The van der Waals surface area contributed by atoms with Crippen molar-refractivity contribution in [3.8, 4) is 22.6 Å². The normalized spacial score (nSPS) is 10.4. The molecule has 0 amide bonds. The third-order valence-electron chi connectivity index (χ3n) is 3.17. The van der Waals surface area contributed by atoms with E-state index in [-0.39, 0.29) is 5.56 Å². The Hall–Kier alpha value is -2.75. The minimum Gasteiger partial charge on any atom is -0.497 e. The summed E-state index contributed by atoms with van der Waals surface area (Å²) in [6.07, 6.45) is 1.73. The summed E-state index contributed by atoms with van der Waals surface area (Å²) in [4.78, 5) is 11.3. The molecule has 3 rings (SSSR count). The average molecular weight is 266 g/mol. The van der Waals surface area contributed by atoms with E-state index in [9.17, 15) is 4.79 Å². The van der Waals surface area contributed by atoms with E-state index >= 15 is 0 Å². The first-order valence-corrected chi connectivity index (χ1v) is 6.29. The van der Waals surface area contributed by atoms with Crippen LogP contribution in [-0.4, -0.2) is 16.9 Å². The molecular formula is C16H14N2O2. The first-order valence-electron chi connectivity index (χ1n) is 6.29. The summed E-state index contributed by atoms with van der Waals surface area (Å²) >= 11 is 0. The summed E-state index contributed by atoms with van der Waals surface area (Å²) in [5.41, 5.74) is 2.92. The third kappa shape index (κ3) is 2.23. The minimum absolute atomic E-state index is 0.116. The number of benzene rings is 2. The predicted molar refractivity (Wildman–Crippen MR) is 78.4 cm³/mol. The summed E-state index contributed by atoms with van der Waals surface area (Å²) in [7, 11) is 1.65. The molecular weight excluding hydrogens is 252 g/mol. The average Bonchev–Trinajstić information content (AvgIpc) is 2.94. The lowest BCUT2D eigenvalue weighted by Crippen LogP contribution is -2.04. The molecule has 0 fully saturated rings. The Bertz CT molecular complexity index is 769. The van der Waals surface area contributed by atoms with E-state index in [1.54, 1.807) is 18.0 Å². The van der Waals surface area contributed by atoms with Crippen LogP contribution in [0.5, 0.6) is 5.75 Å². The third-order valence-corrected chi connectivity index (χ3v) is 3.17. The van der Waals surface area contributed by atoms with Gasteiger partial charge in [-0.3, -0.25) is 14.6 Å². The van der Waals surface area contributed by atoms with E-state index in [4.69, 9.17) is 4.74 Å². The molecule has 0 bridgehead atoms. The molecule has 3 aromatic rings. The lowest BCUT2D eigenvalue weighted by molar-refractivity contribution is 0.415. The van der Waals surface area contributed by atoms with Crippen molar-refractivity contribution in [3.05, 3.63) is 71.1 Å². The lowest BCUT2D eigenvalue weighted by atomic mass is 10.0. The molecule has 4 heteroatoms. The fraction of sp³-hybridized carbons (Fsp3) is 0.0625. The molecule has 0 atom stereocenters. The summed E-state index contributed by atoms with van der Waals surface area (Å²) in [5.74, 6) is 0.820. The van der Waals surface area contributed by atoms with Gasteiger partial charge in [-0.25, -0.2) is 0 Å². The zero-order chi connectivity index (χ0) is 13.9. The second kappa shape index (κ2) is 5.09. The number of methoxy groups -OCH3 is 1. The molecule has 0 spiro atoms. The van der Waals surface area contributed by atoms with Crippen molar-refractivity contribution in [1.82, 2.24) is 9.78 Å². The Morgan fingerprint density at radius 2 is 1.75 bits per heavy atom. The van der Waals surface area contributed by atoms with Gasteiger partial charge < -0.3 is 4.74 Å². The van der Waals surface area contributed by atoms with Crippen LogP contribution in [0.4, 0.5) is 0 Å². The fourth-order valence-corrected chi connectivity index (χ4v) is 2.17. The Labute approximate surface area is 116 Å². The second-order valence-electron chi connectivity index (χ2n) is 4.41. The van der Waals surface area contributed by atoms with E-state index in [0.717, 1.165) is 22.6 Å². The number of hydrogen-bond donors (Lipinski definition) is 1. The maximum Gasteiger partial charge on any atom is 0.264 e. The highest BCUT2D eigenvalue weighted by Gasteiger charge is 2.06. The molecule has 2 aromatic carbocycles. The summed E-state index contributed by atoms with van der Waals surface area (Å²) in [6, 6.07) is 17.3. The molecule has 0 saturated carbocycles. The molecule has 0 aliphatic rings. The van der Waals surface area contributed by atoms with Crippen LogP contribution in [-0.2, 0) is 0 Å². The zero-order valence-corrected chi connectivity index (χ0v) is 11.0. The van der Waals surface area contributed by atoms with Gasteiger partial charge in [0.05, 0.1) is 12.8 Å². The number of nitrogens with one attached hydrogen (secondary N) is 1. The monoisotopic (exact) mass is 266 g/mol. The van der Waals surface area contributed by atoms with Gasteiger partial charge >= 0.3 is 0 Å². The number of aromatic nitrogens is 2. The highest BCUT2D eigenvalue weighted by atomic mass is 16.5. The van der Waals surface area contributed by atoms with Crippen molar-refractivity contribution in [3.63, 3.8) is 0 Å². The van der Waals surface area contributed by atoms with Crippen LogP contribution in [0, 0.1) is 0 Å². The number of nitrogens with zero attached hydrogens (tertiary/aromatic N) is 1. The molecule has 0 aliphatic carbocycles. The van der Waals surface area contributed by atoms with Gasteiger partial charge in [0, 0.05) is 17.8 Å². The van der Waals surface area contributed by atoms with Crippen LogP contribution in [0.25, 0.3) is 16.8 Å². The molecule has 1 N–H and O–H groups in total. The maximum absolute atomic E-state index is 11.3. The van der Waals surface area contributed by atoms with Crippen LogP contribution >= 0.6 is 0 Å². The quantitative estimate of drug-likeness (QED) is 0.792. The molecule has 100 valence electrons. The molecule has 0 radical (unpaired) electrons. The van der Waals surface area contributed by atoms with Crippen LogP contribution in [0.3, 0.4) is 0 Å². The standard InChI is InChI=1S/C16H14N2O2/c1-20-13-8-6-12(7-9-13)14-4-2-3-5-15(14)18-11-10-16(19)17-18/h2-11H,1H3,(H,17,19). The Kier molecular flexibility index (Phi) is 3.13.